The van der Waals surface area contributed by atoms with Crippen LogP contribution in [-0.2, 0) is 0 Å². The Labute approximate surface area is 102 Å². The maximum atomic E-state index is 9.67. The maximum Gasteiger partial charge on any atom is 0.238 e. The molecule has 0 aliphatic rings. The van der Waals surface area contributed by atoms with Gasteiger partial charge in [0.2, 0.25) is 5.70 Å². The molecule has 0 saturated heterocycles. The normalized spacial score (nSPS) is 6.94. The largest absolute Gasteiger partial charge is 0.259 e. The van der Waals surface area contributed by atoms with Crippen LogP contribution in [0.25, 0.3) is 0 Å². The second kappa shape index (κ2) is 48.6. The molecule has 0 aromatic heterocycles. The van der Waals surface area contributed by atoms with Crippen LogP contribution in [0.2, 0.25) is 0 Å². The first-order chi connectivity index (χ1) is 7.59. The summed E-state index contributed by atoms with van der Waals surface area (Å²) in [6.07, 6.45) is 3.21. The Morgan fingerprint density at radius 2 is 1.25 bits per heavy atom. The van der Waals surface area contributed by atoms with Crippen molar-refractivity contribution in [3.8, 4) is 0 Å². The summed E-state index contributed by atoms with van der Waals surface area (Å²) in [6, 6.07) is 0. The highest BCUT2D eigenvalue weighted by Gasteiger charge is 1.94. The minimum absolute atomic E-state index is 0.194. The molecule has 0 bridgehead atoms. The molecule has 0 heterocycles. The number of allylic oxidation sites excluding steroid dienone is 3. The van der Waals surface area contributed by atoms with E-state index in [2.05, 4.69) is 6.58 Å². The lowest BCUT2D eigenvalue weighted by atomic mass is 10.5. The number of nitro groups is 1. The molecule has 0 spiro atoms. The zero-order valence-electron chi connectivity index (χ0n) is 12.6. The van der Waals surface area contributed by atoms with Crippen molar-refractivity contribution in [3.05, 3.63) is 34.5 Å². The van der Waals surface area contributed by atoms with Crippen molar-refractivity contribution < 1.29 is 4.92 Å². The van der Waals surface area contributed by atoms with Gasteiger partial charge in [0.15, 0.2) is 0 Å². The fraction of sp³-hybridized carbons (Fsp3) is 0.692. The zero-order chi connectivity index (χ0) is 14.6. The van der Waals surface area contributed by atoms with E-state index in [0.717, 1.165) is 0 Å². The first-order valence-corrected chi connectivity index (χ1v) is 5.94. The Bertz CT molecular complexity index is 141. The van der Waals surface area contributed by atoms with E-state index < -0.39 is 4.92 Å². The minimum atomic E-state index is -0.417. The van der Waals surface area contributed by atoms with Gasteiger partial charge in [-0.3, -0.25) is 10.1 Å². The Hall–Kier alpha value is -1.12. The summed E-state index contributed by atoms with van der Waals surface area (Å²) in [6.45, 7) is 20.3. The van der Waals surface area contributed by atoms with E-state index in [1.807, 2.05) is 48.5 Å². The first-order valence-electron chi connectivity index (χ1n) is 5.94. The van der Waals surface area contributed by atoms with Gasteiger partial charge in [-0.05, 0) is 19.9 Å². The Kier molecular flexibility index (Phi) is 89.3. The molecular weight excluding hydrogens is 202 g/mol. The lowest BCUT2D eigenvalue weighted by Crippen LogP contribution is -1.91. The number of rotatable bonds is 1. The van der Waals surface area contributed by atoms with Crippen LogP contribution in [0.5, 0.6) is 0 Å². The molecule has 0 aromatic rings. The molecule has 0 N–H and O–H groups in total. The van der Waals surface area contributed by atoms with Gasteiger partial charge in [0, 0.05) is 6.92 Å². The number of hydrogen-bond acceptors (Lipinski definition) is 2. The third-order valence-electron chi connectivity index (χ3n) is 0.706. The van der Waals surface area contributed by atoms with Gasteiger partial charge in [-0.25, -0.2) is 0 Å². The van der Waals surface area contributed by atoms with Crippen LogP contribution in [0.15, 0.2) is 24.4 Å². The van der Waals surface area contributed by atoms with E-state index >= 15 is 0 Å². The first kappa shape index (κ1) is 29.4. The molecule has 0 fully saturated rings. The summed E-state index contributed by atoms with van der Waals surface area (Å²) in [5, 5.41) is 9.67. The molecule has 100 valence electrons. The Balaban J connectivity index is -0.0000000379. The summed E-state index contributed by atoms with van der Waals surface area (Å²) in [5.41, 5.74) is 0.194. The predicted octanol–water partition coefficient (Wildman–Crippen LogP) is 5.46. The van der Waals surface area contributed by atoms with Crippen molar-refractivity contribution in [3.63, 3.8) is 0 Å². The monoisotopic (exact) mass is 233 g/mol. The van der Waals surface area contributed by atoms with E-state index in [4.69, 9.17) is 0 Å². The predicted molar refractivity (Wildman–Crippen MR) is 76.3 cm³/mol. The molecule has 3 nitrogen and oxygen atoms in total. The third-order valence-corrected chi connectivity index (χ3v) is 0.706. The number of nitrogens with zero attached hydrogens (tertiary/aromatic N) is 1. The van der Waals surface area contributed by atoms with Gasteiger partial charge in [0.25, 0.3) is 0 Å². The molecule has 0 radical (unpaired) electrons. The molecule has 0 saturated carbocycles. The fourth-order valence-electron chi connectivity index (χ4n) is 0.105. The molecule has 0 amide bonds. The SMILES string of the molecule is C/C=C(\C)[N+](=O)[O-].C=CC.CC.CC.CC. The van der Waals surface area contributed by atoms with Crippen molar-refractivity contribution in [1.29, 1.82) is 0 Å². The quantitative estimate of drug-likeness (QED) is 0.343. The van der Waals surface area contributed by atoms with Crippen molar-refractivity contribution in [2.24, 2.45) is 0 Å². The molecule has 0 unspecified atom stereocenters. The van der Waals surface area contributed by atoms with Crippen LogP contribution in [-0.4, -0.2) is 4.92 Å². The Morgan fingerprint density at radius 3 is 1.25 bits per heavy atom. The van der Waals surface area contributed by atoms with Crippen molar-refractivity contribution in [2.45, 2.75) is 62.3 Å². The molecular formula is C13H31NO2. The second-order valence-corrected chi connectivity index (χ2v) is 1.60. The smallest absolute Gasteiger partial charge is 0.238 e. The highest BCUT2D eigenvalue weighted by atomic mass is 16.6. The average molecular weight is 233 g/mol. The molecule has 3 heteroatoms. The average Bonchev–Trinajstić information content (AvgIpc) is 2.36. The summed E-state index contributed by atoms with van der Waals surface area (Å²) in [7, 11) is 0. The van der Waals surface area contributed by atoms with Crippen molar-refractivity contribution in [2.75, 3.05) is 0 Å². The van der Waals surface area contributed by atoms with Crippen LogP contribution in [0.3, 0.4) is 0 Å². The zero-order valence-corrected chi connectivity index (χ0v) is 12.6. The standard InChI is InChI=1S/C4H7NO2.C3H6.3C2H6/c1-3-4(2)5(6)7;1-3-2;3*1-2/h3H,1-2H3;3H,1H2,2H3;3*1-2H3/b4-3+;;;;. The van der Waals surface area contributed by atoms with E-state index in [-0.39, 0.29) is 5.70 Å². The van der Waals surface area contributed by atoms with E-state index in [9.17, 15) is 10.1 Å². The molecule has 0 aliphatic heterocycles. The highest BCUT2D eigenvalue weighted by Crippen LogP contribution is 1.88. The molecule has 16 heavy (non-hydrogen) atoms. The lowest BCUT2D eigenvalue weighted by molar-refractivity contribution is -0.424. The summed E-state index contributed by atoms with van der Waals surface area (Å²) in [5.74, 6) is 0. The van der Waals surface area contributed by atoms with Gasteiger partial charge < -0.3 is 0 Å². The van der Waals surface area contributed by atoms with Gasteiger partial charge in [0.1, 0.15) is 0 Å². The summed E-state index contributed by atoms with van der Waals surface area (Å²) in [4.78, 5) is 9.25. The maximum absolute atomic E-state index is 9.67. The fourth-order valence-corrected chi connectivity index (χ4v) is 0.105. The van der Waals surface area contributed by atoms with Gasteiger partial charge in [-0.2, -0.15) is 0 Å². The minimum Gasteiger partial charge on any atom is -0.259 e. The highest BCUT2D eigenvalue weighted by molar-refractivity contribution is 4.81. The van der Waals surface area contributed by atoms with E-state index in [1.165, 1.54) is 13.0 Å². The van der Waals surface area contributed by atoms with Gasteiger partial charge in [-0.15, -0.1) is 6.58 Å². The molecule has 0 atom stereocenters. The van der Waals surface area contributed by atoms with Crippen molar-refractivity contribution in [1.82, 2.24) is 0 Å². The Morgan fingerprint density at radius 1 is 1.06 bits per heavy atom. The van der Waals surface area contributed by atoms with E-state index in [0.29, 0.717) is 0 Å². The van der Waals surface area contributed by atoms with Gasteiger partial charge >= 0.3 is 0 Å². The van der Waals surface area contributed by atoms with Crippen LogP contribution < -0.4 is 0 Å². The third kappa shape index (κ3) is 76.3. The van der Waals surface area contributed by atoms with Crippen LogP contribution in [0.1, 0.15) is 62.3 Å². The van der Waals surface area contributed by atoms with Gasteiger partial charge in [0.05, 0.1) is 4.92 Å². The lowest BCUT2D eigenvalue weighted by Gasteiger charge is -1.81. The number of hydrogen-bond donors (Lipinski definition) is 0. The van der Waals surface area contributed by atoms with Crippen LogP contribution in [0, 0.1) is 10.1 Å². The topological polar surface area (TPSA) is 43.1 Å². The summed E-state index contributed by atoms with van der Waals surface area (Å²) < 4.78 is 0. The molecule has 0 aliphatic carbocycles. The van der Waals surface area contributed by atoms with Crippen molar-refractivity contribution >= 4 is 0 Å². The van der Waals surface area contributed by atoms with Gasteiger partial charge in [-0.1, -0.05) is 47.6 Å². The molecule has 0 rings (SSSR count). The molecule has 0 aromatic carbocycles. The van der Waals surface area contributed by atoms with Crippen LogP contribution in [0.4, 0.5) is 0 Å². The van der Waals surface area contributed by atoms with Crippen LogP contribution >= 0.6 is 0 Å². The summed E-state index contributed by atoms with van der Waals surface area (Å²) >= 11 is 0. The second-order valence-electron chi connectivity index (χ2n) is 1.60. The van der Waals surface area contributed by atoms with E-state index in [1.54, 1.807) is 13.0 Å².